The molecule has 0 aromatic heterocycles. The van der Waals surface area contributed by atoms with Gasteiger partial charge in [-0.2, -0.15) is 0 Å². The molecule has 0 aliphatic heterocycles. The largest absolute Gasteiger partial charge is 0.0686 e. The average molecular weight is 208 g/mol. The first-order chi connectivity index (χ1) is 6.14. The van der Waals surface area contributed by atoms with E-state index >= 15 is 0 Å². The molecule has 0 saturated heterocycles. The molecule has 0 nitrogen and oxygen atoms in total. The van der Waals surface area contributed by atoms with Crippen LogP contribution in [-0.2, 0) is 0 Å². The molecule has 0 bridgehead atoms. The lowest BCUT2D eigenvalue weighted by molar-refractivity contribution is 0.797. The molecule has 0 unspecified atom stereocenters. The number of allylic oxidation sites excluding steroid dienone is 4. The van der Waals surface area contributed by atoms with Crippen molar-refractivity contribution < 1.29 is 0 Å². The maximum absolute atomic E-state index is 2.48. The fraction of sp³-hybridized carbons (Fsp3) is 0.692. The highest BCUT2D eigenvalue weighted by Crippen LogP contribution is 2.57. The number of rotatable bonds is 1. The van der Waals surface area contributed by atoms with Gasteiger partial charge < -0.3 is 0 Å². The molecule has 14 heavy (non-hydrogen) atoms. The van der Waals surface area contributed by atoms with Gasteiger partial charge in [-0.25, -0.2) is 0 Å². The second kappa shape index (κ2) is 3.09. The molecule has 0 aromatic rings. The van der Waals surface area contributed by atoms with Crippen LogP contribution in [0.5, 0.6) is 0 Å². The van der Waals surface area contributed by atoms with E-state index < -0.39 is 8.07 Å². The van der Waals surface area contributed by atoms with Crippen LogP contribution in [0.15, 0.2) is 22.3 Å². The Bertz CT molecular complexity index is 300. The van der Waals surface area contributed by atoms with Crippen LogP contribution in [0.1, 0.15) is 34.6 Å². The van der Waals surface area contributed by atoms with Crippen molar-refractivity contribution in [2.24, 2.45) is 0 Å². The molecule has 1 heteroatoms. The van der Waals surface area contributed by atoms with E-state index in [1.54, 1.807) is 11.1 Å². The van der Waals surface area contributed by atoms with E-state index in [1.807, 2.05) is 0 Å². The summed E-state index contributed by atoms with van der Waals surface area (Å²) in [4.78, 5) is 0. The van der Waals surface area contributed by atoms with E-state index in [-0.39, 0.29) is 0 Å². The predicted molar refractivity (Wildman–Crippen MR) is 68.5 cm³/mol. The molecule has 0 saturated carbocycles. The van der Waals surface area contributed by atoms with E-state index in [9.17, 15) is 0 Å². The van der Waals surface area contributed by atoms with Gasteiger partial charge in [-0.05, 0) is 38.8 Å². The van der Waals surface area contributed by atoms with Crippen LogP contribution in [0.2, 0.25) is 24.7 Å². The summed E-state index contributed by atoms with van der Waals surface area (Å²) in [5, 5.41) is 0.390. The lowest BCUT2D eigenvalue weighted by Gasteiger charge is -2.41. The molecule has 0 amide bonds. The minimum atomic E-state index is -1.17. The van der Waals surface area contributed by atoms with Gasteiger partial charge in [0.25, 0.3) is 0 Å². The van der Waals surface area contributed by atoms with E-state index in [0.717, 1.165) is 0 Å². The predicted octanol–water partition coefficient (Wildman–Crippen LogP) is 4.77. The Morgan fingerprint density at radius 3 is 1.21 bits per heavy atom. The summed E-state index contributed by atoms with van der Waals surface area (Å²) < 4.78 is 0. The zero-order valence-electron chi connectivity index (χ0n) is 11.0. The third-order valence-corrected chi connectivity index (χ3v) is 8.44. The van der Waals surface area contributed by atoms with E-state index in [4.69, 9.17) is 0 Å². The molecule has 1 aliphatic carbocycles. The van der Waals surface area contributed by atoms with Gasteiger partial charge in [0.05, 0.1) is 8.07 Å². The molecular weight excluding hydrogens is 184 g/mol. The van der Waals surface area contributed by atoms with Crippen LogP contribution < -0.4 is 0 Å². The van der Waals surface area contributed by atoms with Crippen molar-refractivity contribution in [2.45, 2.75) is 59.3 Å². The van der Waals surface area contributed by atoms with Crippen molar-refractivity contribution in [3.63, 3.8) is 0 Å². The summed E-state index contributed by atoms with van der Waals surface area (Å²) in [5.41, 5.74) is 6.30. The lowest BCUT2D eigenvalue weighted by atomic mass is 9.98. The standard InChI is InChI=1S/C13H24Si/c1-9-10(2)12(4)13(5,11(9)3)14(6,7)8/h1-8H3. The van der Waals surface area contributed by atoms with Crippen LogP contribution in [0.3, 0.4) is 0 Å². The van der Waals surface area contributed by atoms with Crippen molar-refractivity contribution in [1.82, 2.24) is 0 Å². The van der Waals surface area contributed by atoms with Gasteiger partial charge in [0.15, 0.2) is 0 Å². The van der Waals surface area contributed by atoms with Crippen LogP contribution >= 0.6 is 0 Å². The molecule has 0 radical (unpaired) electrons. The van der Waals surface area contributed by atoms with Crippen molar-refractivity contribution >= 4 is 8.07 Å². The molecule has 0 spiro atoms. The molecule has 0 heterocycles. The Morgan fingerprint density at radius 2 is 1.07 bits per heavy atom. The normalized spacial score (nSPS) is 22.3. The molecule has 0 N–H and O–H groups in total. The average Bonchev–Trinajstić information content (AvgIpc) is 2.21. The smallest absolute Gasteiger partial charge is 0.0600 e. The minimum Gasteiger partial charge on any atom is -0.0686 e. The van der Waals surface area contributed by atoms with Gasteiger partial charge in [-0.15, -0.1) is 0 Å². The Hall–Kier alpha value is -0.303. The molecule has 1 rings (SSSR count). The highest BCUT2D eigenvalue weighted by Gasteiger charge is 2.46. The van der Waals surface area contributed by atoms with Gasteiger partial charge in [0.1, 0.15) is 0 Å². The quantitative estimate of drug-likeness (QED) is 0.544. The summed E-state index contributed by atoms with van der Waals surface area (Å²) >= 11 is 0. The van der Waals surface area contributed by atoms with Crippen LogP contribution in [-0.4, -0.2) is 8.07 Å². The topological polar surface area (TPSA) is 0 Å². The first-order valence-electron chi connectivity index (χ1n) is 5.50. The van der Waals surface area contributed by atoms with Crippen molar-refractivity contribution in [3.8, 4) is 0 Å². The second-order valence-corrected chi connectivity index (χ2v) is 11.4. The highest BCUT2D eigenvalue weighted by atomic mass is 28.3. The van der Waals surface area contributed by atoms with Crippen LogP contribution in [0.4, 0.5) is 0 Å². The highest BCUT2D eigenvalue weighted by molar-refractivity contribution is 6.80. The third-order valence-electron chi connectivity index (χ3n) is 4.69. The molecule has 0 aromatic carbocycles. The fourth-order valence-corrected chi connectivity index (χ4v) is 5.34. The van der Waals surface area contributed by atoms with E-state index in [0.29, 0.717) is 5.04 Å². The summed E-state index contributed by atoms with van der Waals surface area (Å²) in [6, 6.07) is 0. The van der Waals surface area contributed by atoms with Crippen molar-refractivity contribution in [1.29, 1.82) is 0 Å². The van der Waals surface area contributed by atoms with Crippen LogP contribution in [0, 0.1) is 0 Å². The van der Waals surface area contributed by atoms with E-state index in [1.165, 1.54) is 11.1 Å². The van der Waals surface area contributed by atoms with Crippen molar-refractivity contribution in [3.05, 3.63) is 22.3 Å². The molecule has 1 aliphatic rings. The Morgan fingerprint density at radius 1 is 0.786 bits per heavy atom. The lowest BCUT2D eigenvalue weighted by Crippen LogP contribution is -2.38. The maximum atomic E-state index is 2.48. The first kappa shape index (κ1) is 11.8. The van der Waals surface area contributed by atoms with Crippen molar-refractivity contribution in [2.75, 3.05) is 0 Å². The zero-order chi connectivity index (χ0) is 11.3. The van der Waals surface area contributed by atoms with Gasteiger partial charge >= 0.3 is 0 Å². The van der Waals surface area contributed by atoms with E-state index in [2.05, 4.69) is 54.3 Å². The molecule has 80 valence electrons. The van der Waals surface area contributed by atoms with Gasteiger partial charge in [-0.3, -0.25) is 0 Å². The Labute approximate surface area is 90.1 Å². The molecule has 0 atom stereocenters. The SMILES string of the molecule is CC1=C(C)C(C)([Si](C)(C)C)C(C)=C1C. The fourth-order valence-electron chi connectivity index (χ4n) is 2.72. The zero-order valence-corrected chi connectivity index (χ0v) is 12.0. The number of hydrogen-bond donors (Lipinski definition) is 0. The number of hydrogen-bond acceptors (Lipinski definition) is 0. The van der Waals surface area contributed by atoms with Crippen LogP contribution in [0.25, 0.3) is 0 Å². The third kappa shape index (κ3) is 1.25. The second-order valence-electron chi connectivity index (χ2n) is 5.88. The monoisotopic (exact) mass is 208 g/mol. The molecule has 0 fully saturated rings. The summed E-state index contributed by atoms with van der Waals surface area (Å²) in [7, 11) is -1.17. The Balaban J connectivity index is 3.42. The summed E-state index contributed by atoms with van der Waals surface area (Å²) in [6.45, 7) is 19.1. The Kier molecular flexibility index (Phi) is 2.60. The minimum absolute atomic E-state index is 0.390. The molecular formula is C13H24Si. The van der Waals surface area contributed by atoms with Gasteiger partial charge in [-0.1, -0.05) is 37.7 Å². The first-order valence-corrected chi connectivity index (χ1v) is 9.00. The summed E-state index contributed by atoms with van der Waals surface area (Å²) in [5.74, 6) is 0. The summed E-state index contributed by atoms with van der Waals surface area (Å²) in [6.07, 6.45) is 0. The maximum Gasteiger partial charge on any atom is 0.0600 e. The van der Waals surface area contributed by atoms with Gasteiger partial charge in [0.2, 0.25) is 0 Å². The van der Waals surface area contributed by atoms with Gasteiger partial charge in [0, 0.05) is 5.04 Å².